The molecule has 0 radical (unpaired) electrons. The second-order valence-electron chi connectivity index (χ2n) is 8.56. The molecule has 4 heterocycles. The third kappa shape index (κ3) is 2.65. The van der Waals surface area contributed by atoms with Crippen molar-refractivity contribution in [3.05, 3.63) is 95.7 Å². The van der Waals surface area contributed by atoms with Crippen LogP contribution < -0.4 is 0 Å². The summed E-state index contributed by atoms with van der Waals surface area (Å²) in [5.41, 5.74) is 4.43. The summed E-state index contributed by atoms with van der Waals surface area (Å²) in [6, 6.07) is 31.0. The topological polar surface area (TPSA) is 13.1 Å². The van der Waals surface area contributed by atoms with Crippen molar-refractivity contribution < 1.29 is 4.42 Å². The van der Waals surface area contributed by atoms with Gasteiger partial charge in [-0.3, -0.25) is 0 Å². The van der Waals surface area contributed by atoms with Crippen molar-refractivity contribution in [3.8, 4) is 20.9 Å². The van der Waals surface area contributed by atoms with E-state index >= 15 is 0 Å². The van der Waals surface area contributed by atoms with Crippen molar-refractivity contribution in [2.24, 2.45) is 0 Å². The molecule has 0 N–H and O–H groups in total. The van der Waals surface area contributed by atoms with Gasteiger partial charge in [0.15, 0.2) is 0 Å². The molecule has 0 amide bonds. The molecule has 4 aromatic carbocycles. The zero-order chi connectivity index (χ0) is 22.2. The molecule has 0 spiro atoms. The maximum absolute atomic E-state index is 6.51. The highest BCUT2D eigenvalue weighted by Gasteiger charge is 2.15. The van der Waals surface area contributed by atoms with Crippen LogP contribution in [0.25, 0.3) is 73.8 Å². The predicted octanol–water partition coefficient (Wildman–Crippen LogP) is 10.6. The second kappa shape index (κ2) is 7.03. The third-order valence-electron chi connectivity index (χ3n) is 6.68. The van der Waals surface area contributed by atoms with Crippen molar-refractivity contribution in [2.45, 2.75) is 0 Å². The van der Waals surface area contributed by atoms with E-state index in [9.17, 15) is 0 Å². The number of benzene rings is 4. The largest absolute Gasteiger partial charge is 0.455 e. The molecule has 4 aromatic heterocycles. The number of thiophene rings is 3. The second-order valence-corrected chi connectivity index (χ2v) is 11.5. The molecule has 8 rings (SSSR count). The van der Waals surface area contributed by atoms with Gasteiger partial charge in [-0.1, -0.05) is 42.5 Å². The highest BCUT2D eigenvalue weighted by Crippen LogP contribution is 2.43. The standard InChI is InChI=1S/C30H16OS3/c1-3-26(32-13-1)17-5-7-19-21-9-12-24-22(29(21)31-25(19)15-17)10-11-23-20-8-6-18(27-4-2-14-33-27)16-28(20)34-30(23)24/h1-16H. The van der Waals surface area contributed by atoms with Gasteiger partial charge in [0.25, 0.3) is 0 Å². The summed E-state index contributed by atoms with van der Waals surface area (Å²) in [4.78, 5) is 2.58. The summed E-state index contributed by atoms with van der Waals surface area (Å²) in [6.07, 6.45) is 0. The van der Waals surface area contributed by atoms with Crippen LogP contribution in [0.3, 0.4) is 0 Å². The number of rotatable bonds is 2. The smallest absolute Gasteiger partial charge is 0.143 e. The Morgan fingerprint density at radius 1 is 0.529 bits per heavy atom. The average molecular weight is 489 g/mol. The molecule has 0 atom stereocenters. The molecule has 4 heteroatoms. The van der Waals surface area contributed by atoms with Crippen molar-refractivity contribution in [3.63, 3.8) is 0 Å². The summed E-state index contributed by atoms with van der Waals surface area (Å²) < 4.78 is 9.17. The lowest BCUT2D eigenvalue weighted by atomic mass is 10.0. The lowest BCUT2D eigenvalue weighted by molar-refractivity contribution is 0.673. The molecule has 34 heavy (non-hydrogen) atoms. The minimum absolute atomic E-state index is 0.949. The van der Waals surface area contributed by atoms with Crippen molar-refractivity contribution in [1.82, 2.24) is 0 Å². The van der Waals surface area contributed by atoms with Crippen LogP contribution in [0.15, 0.2) is 100 Å². The van der Waals surface area contributed by atoms with Crippen LogP contribution in [0.5, 0.6) is 0 Å². The minimum atomic E-state index is 0.949. The Labute approximate surface area is 207 Å². The summed E-state index contributed by atoms with van der Waals surface area (Å²) in [6.45, 7) is 0. The fourth-order valence-electron chi connectivity index (χ4n) is 5.07. The van der Waals surface area contributed by atoms with Gasteiger partial charge in [-0.25, -0.2) is 0 Å². The molecule has 0 aliphatic carbocycles. The normalized spacial score (nSPS) is 12.1. The van der Waals surface area contributed by atoms with Gasteiger partial charge in [-0.05, 0) is 64.4 Å². The first-order chi connectivity index (χ1) is 16.8. The molecule has 0 unspecified atom stereocenters. The van der Waals surface area contributed by atoms with E-state index in [1.54, 1.807) is 22.7 Å². The van der Waals surface area contributed by atoms with Crippen LogP contribution in [-0.2, 0) is 0 Å². The summed E-state index contributed by atoms with van der Waals surface area (Å²) in [5.74, 6) is 0. The number of hydrogen-bond acceptors (Lipinski definition) is 4. The van der Waals surface area contributed by atoms with Crippen LogP contribution in [-0.4, -0.2) is 0 Å². The van der Waals surface area contributed by atoms with E-state index in [0.29, 0.717) is 0 Å². The van der Waals surface area contributed by atoms with Crippen molar-refractivity contribution in [2.75, 3.05) is 0 Å². The zero-order valence-electron chi connectivity index (χ0n) is 17.9. The fourth-order valence-corrected chi connectivity index (χ4v) is 7.78. The Kier molecular flexibility index (Phi) is 3.91. The van der Waals surface area contributed by atoms with Crippen molar-refractivity contribution >= 4 is 86.9 Å². The van der Waals surface area contributed by atoms with Crippen LogP contribution in [0.1, 0.15) is 0 Å². The van der Waals surface area contributed by atoms with Crippen molar-refractivity contribution in [1.29, 1.82) is 0 Å². The monoisotopic (exact) mass is 488 g/mol. The Bertz CT molecular complexity index is 1850. The summed E-state index contributed by atoms with van der Waals surface area (Å²) in [7, 11) is 0. The molecule has 0 aliphatic heterocycles. The van der Waals surface area contributed by atoms with Gasteiger partial charge in [0.05, 0.1) is 0 Å². The number of hydrogen-bond donors (Lipinski definition) is 0. The van der Waals surface area contributed by atoms with Gasteiger partial charge >= 0.3 is 0 Å². The van der Waals surface area contributed by atoms with Gasteiger partial charge < -0.3 is 4.42 Å². The van der Waals surface area contributed by atoms with Gasteiger partial charge in [-0.2, -0.15) is 0 Å². The lowest BCUT2D eigenvalue weighted by Gasteiger charge is -2.01. The van der Waals surface area contributed by atoms with Crippen LogP contribution in [0, 0.1) is 0 Å². The fraction of sp³-hybridized carbons (Fsp3) is 0. The minimum Gasteiger partial charge on any atom is -0.455 e. The average Bonchev–Trinajstić information content (AvgIpc) is 3.67. The van der Waals surface area contributed by atoms with E-state index in [1.807, 2.05) is 11.3 Å². The quantitative estimate of drug-likeness (QED) is 0.236. The Hall–Kier alpha value is -3.44. The first-order valence-corrected chi connectivity index (χ1v) is 13.7. The molecule has 160 valence electrons. The van der Waals surface area contributed by atoms with E-state index in [4.69, 9.17) is 4.42 Å². The molecular weight excluding hydrogens is 473 g/mol. The van der Waals surface area contributed by atoms with Gasteiger partial charge in [0.2, 0.25) is 0 Å². The molecule has 0 bridgehead atoms. The molecule has 8 aromatic rings. The molecule has 0 saturated carbocycles. The van der Waals surface area contributed by atoms with Gasteiger partial charge in [-0.15, -0.1) is 34.0 Å². The first-order valence-electron chi connectivity index (χ1n) is 11.2. The van der Waals surface area contributed by atoms with Crippen LogP contribution in [0.4, 0.5) is 0 Å². The van der Waals surface area contributed by atoms with Gasteiger partial charge in [0.1, 0.15) is 11.2 Å². The maximum atomic E-state index is 6.51. The van der Waals surface area contributed by atoms with E-state index in [1.165, 1.54) is 62.6 Å². The SMILES string of the molecule is c1csc(-c2ccc3c(c2)oc2c3ccc3c2ccc2c4ccc(-c5cccs5)cc4sc23)c1. The Balaban J connectivity index is 1.38. The van der Waals surface area contributed by atoms with E-state index in [-0.39, 0.29) is 0 Å². The van der Waals surface area contributed by atoms with Gasteiger partial charge in [0, 0.05) is 51.5 Å². The summed E-state index contributed by atoms with van der Waals surface area (Å²) >= 11 is 5.43. The number of furan rings is 1. The van der Waals surface area contributed by atoms with E-state index in [2.05, 4.69) is 95.7 Å². The molecule has 0 fully saturated rings. The highest BCUT2D eigenvalue weighted by atomic mass is 32.1. The van der Waals surface area contributed by atoms with Crippen LogP contribution >= 0.6 is 34.0 Å². The lowest BCUT2D eigenvalue weighted by Crippen LogP contribution is -1.75. The molecular formula is C30H16OS3. The zero-order valence-corrected chi connectivity index (χ0v) is 20.3. The molecule has 0 saturated heterocycles. The van der Waals surface area contributed by atoms with Crippen LogP contribution in [0.2, 0.25) is 0 Å². The predicted molar refractivity (Wildman–Crippen MR) is 151 cm³/mol. The maximum Gasteiger partial charge on any atom is 0.143 e. The Morgan fingerprint density at radius 2 is 1.12 bits per heavy atom. The summed E-state index contributed by atoms with van der Waals surface area (Å²) in [5, 5.41) is 11.7. The molecule has 1 nitrogen and oxygen atoms in total. The van der Waals surface area contributed by atoms with E-state index < -0.39 is 0 Å². The number of fused-ring (bicyclic) bond motifs is 9. The highest BCUT2D eigenvalue weighted by molar-refractivity contribution is 7.26. The molecule has 0 aliphatic rings. The third-order valence-corrected chi connectivity index (χ3v) is 9.72. The van der Waals surface area contributed by atoms with E-state index in [0.717, 1.165) is 11.2 Å². The Morgan fingerprint density at radius 3 is 1.82 bits per heavy atom. The first kappa shape index (κ1) is 18.9.